The Balaban J connectivity index is 1.42. The molecule has 0 aliphatic heterocycles. The first kappa shape index (κ1) is 20.8. The molecule has 0 saturated carbocycles. The number of para-hydroxylation sites is 1. The number of anilines is 4. The molecule has 32 heavy (non-hydrogen) atoms. The predicted molar refractivity (Wildman–Crippen MR) is 127 cm³/mol. The van der Waals surface area contributed by atoms with Crippen molar-refractivity contribution >= 4 is 28.8 Å². The number of carbonyl (C=O) groups excluding carboxylic acids is 1. The maximum Gasteiger partial charge on any atom is 0.185 e. The van der Waals surface area contributed by atoms with Gasteiger partial charge in [0.25, 0.3) is 0 Å². The molecule has 0 aliphatic rings. The van der Waals surface area contributed by atoms with E-state index in [9.17, 15) is 4.79 Å². The lowest BCUT2D eigenvalue weighted by Gasteiger charge is -2.10. The third kappa shape index (κ3) is 5.58. The van der Waals surface area contributed by atoms with E-state index in [1.165, 1.54) is 6.33 Å². The second kappa shape index (κ2) is 10.0. The summed E-state index contributed by atoms with van der Waals surface area (Å²) < 4.78 is 5.82. The monoisotopic (exact) mass is 422 g/mol. The van der Waals surface area contributed by atoms with Gasteiger partial charge in [0.05, 0.1) is 0 Å². The van der Waals surface area contributed by atoms with E-state index in [1.807, 2.05) is 73.7 Å². The fourth-order valence-electron chi connectivity index (χ4n) is 3.02. The van der Waals surface area contributed by atoms with Gasteiger partial charge in [-0.05, 0) is 61.5 Å². The quantitative estimate of drug-likeness (QED) is 0.249. The fraction of sp³-hybridized carbons (Fsp3) is 0.0385. The molecule has 2 N–H and O–H groups in total. The maximum absolute atomic E-state index is 12.1. The molecule has 1 aromatic heterocycles. The number of nitrogens with one attached hydrogen (secondary N) is 2. The average molecular weight is 422 g/mol. The normalized spacial score (nSPS) is 10.7. The Morgan fingerprint density at radius 3 is 2.19 bits per heavy atom. The van der Waals surface area contributed by atoms with E-state index in [0.29, 0.717) is 17.2 Å². The topological polar surface area (TPSA) is 76.1 Å². The van der Waals surface area contributed by atoms with Crippen molar-refractivity contribution in [3.8, 4) is 11.5 Å². The van der Waals surface area contributed by atoms with Crippen molar-refractivity contribution in [3.05, 3.63) is 109 Å². The van der Waals surface area contributed by atoms with Gasteiger partial charge in [0.15, 0.2) is 5.78 Å². The van der Waals surface area contributed by atoms with Crippen LogP contribution < -0.4 is 15.4 Å². The molecule has 0 atom stereocenters. The van der Waals surface area contributed by atoms with Crippen molar-refractivity contribution in [1.82, 2.24) is 9.97 Å². The summed E-state index contributed by atoms with van der Waals surface area (Å²) in [4.78, 5) is 20.6. The SMILES string of the molecule is CC=CC(=O)c1cccc(Nc2cc(Nc3ccc(Oc4ccccc4)cc3)ncn2)c1. The molecule has 0 fully saturated rings. The number of hydrogen-bond acceptors (Lipinski definition) is 6. The second-order valence-corrected chi connectivity index (χ2v) is 6.92. The summed E-state index contributed by atoms with van der Waals surface area (Å²) in [7, 11) is 0. The van der Waals surface area contributed by atoms with Crippen molar-refractivity contribution in [2.45, 2.75) is 6.92 Å². The summed E-state index contributed by atoms with van der Waals surface area (Å²) in [6.07, 6.45) is 4.75. The molecule has 1 heterocycles. The van der Waals surface area contributed by atoms with Crippen LogP contribution in [0.1, 0.15) is 17.3 Å². The van der Waals surface area contributed by atoms with Gasteiger partial charge in [-0.25, -0.2) is 9.97 Å². The number of nitrogens with zero attached hydrogens (tertiary/aromatic N) is 2. The van der Waals surface area contributed by atoms with Gasteiger partial charge in [-0.1, -0.05) is 36.4 Å². The predicted octanol–water partition coefficient (Wildman–Crippen LogP) is 6.51. The van der Waals surface area contributed by atoms with E-state index < -0.39 is 0 Å². The van der Waals surface area contributed by atoms with Crippen molar-refractivity contribution in [3.63, 3.8) is 0 Å². The summed E-state index contributed by atoms with van der Waals surface area (Å²) in [6.45, 7) is 1.82. The molecule has 6 heteroatoms. The third-order valence-electron chi connectivity index (χ3n) is 4.51. The first-order valence-corrected chi connectivity index (χ1v) is 10.2. The van der Waals surface area contributed by atoms with E-state index in [0.717, 1.165) is 22.9 Å². The van der Waals surface area contributed by atoms with Gasteiger partial charge in [-0.3, -0.25) is 4.79 Å². The molecule has 0 saturated heterocycles. The fourth-order valence-corrected chi connectivity index (χ4v) is 3.02. The average Bonchev–Trinajstić information content (AvgIpc) is 2.82. The second-order valence-electron chi connectivity index (χ2n) is 6.92. The molecule has 0 bridgehead atoms. The van der Waals surface area contributed by atoms with E-state index in [2.05, 4.69) is 20.6 Å². The van der Waals surface area contributed by atoms with Crippen molar-refractivity contribution in [2.24, 2.45) is 0 Å². The lowest BCUT2D eigenvalue weighted by molar-refractivity contribution is 0.104. The number of ketones is 1. The lowest BCUT2D eigenvalue weighted by atomic mass is 10.1. The summed E-state index contributed by atoms with van der Waals surface area (Å²) in [5, 5.41) is 6.47. The molecular formula is C26H22N4O2. The third-order valence-corrected chi connectivity index (χ3v) is 4.51. The Morgan fingerprint density at radius 2 is 1.47 bits per heavy atom. The maximum atomic E-state index is 12.1. The highest BCUT2D eigenvalue weighted by Crippen LogP contribution is 2.25. The van der Waals surface area contributed by atoms with E-state index in [1.54, 1.807) is 30.4 Å². The molecule has 0 unspecified atom stereocenters. The van der Waals surface area contributed by atoms with Crippen molar-refractivity contribution in [2.75, 3.05) is 10.6 Å². The first-order valence-electron chi connectivity index (χ1n) is 10.2. The summed E-state index contributed by atoms with van der Waals surface area (Å²) in [5.41, 5.74) is 2.25. The number of ether oxygens (including phenoxy) is 1. The number of carbonyl (C=O) groups is 1. The number of benzene rings is 3. The highest BCUT2D eigenvalue weighted by molar-refractivity contribution is 6.05. The smallest absolute Gasteiger partial charge is 0.185 e. The van der Waals surface area contributed by atoms with Crippen LogP contribution in [0.2, 0.25) is 0 Å². The summed E-state index contributed by atoms with van der Waals surface area (Å²) >= 11 is 0. The number of rotatable bonds is 8. The van der Waals surface area contributed by atoms with Crippen LogP contribution >= 0.6 is 0 Å². The minimum absolute atomic E-state index is 0.0408. The van der Waals surface area contributed by atoms with E-state index in [4.69, 9.17) is 4.74 Å². The number of aromatic nitrogens is 2. The minimum Gasteiger partial charge on any atom is -0.457 e. The lowest BCUT2D eigenvalue weighted by Crippen LogP contribution is -2.00. The van der Waals surface area contributed by atoms with Crippen LogP contribution in [0.25, 0.3) is 0 Å². The van der Waals surface area contributed by atoms with E-state index in [-0.39, 0.29) is 5.78 Å². The van der Waals surface area contributed by atoms with Gasteiger partial charge in [-0.2, -0.15) is 0 Å². The molecule has 158 valence electrons. The van der Waals surface area contributed by atoms with Crippen LogP contribution in [0.3, 0.4) is 0 Å². The van der Waals surface area contributed by atoms with Crippen molar-refractivity contribution in [1.29, 1.82) is 0 Å². The highest BCUT2D eigenvalue weighted by atomic mass is 16.5. The molecule has 0 aliphatic carbocycles. The Bertz CT molecular complexity index is 1220. The van der Waals surface area contributed by atoms with Crippen LogP contribution in [0.5, 0.6) is 11.5 Å². The van der Waals surface area contributed by atoms with Gasteiger partial charge in [0, 0.05) is 23.0 Å². The van der Waals surface area contributed by atoms with Gasteiger partial charge < -0.3 is 15.4 Å². The van der Waals surface area contributed by atoms with Gasteiger partial charge >= 0.3 is 0 Å². The molecule has 4 aromatic rings. The molecule has 0 radical (unpaired) electrons. The van der Waals surface area contributed by atoms with Gasteiger partial charge in [0.2, 0.25) is 0 Å². The van der Waals surface area contributed by atoms with Crippen LogP contribution in [0, 0.1) is 0 Å². The van der Waals surface area contributed by atoms with Crippen LogP contribution in [-0.4, -0.2) is 15.8 Å². The zero-order valence-corrected chi connectivity index (χ0v) is 17.5. The molecule has 3 aromatic carbocycles. The largest absolute Gasteiger partial charge is 0.457 e. The standard InChI is InChI=1S/C26H22N4O2/c1-2-7-24(31)19-8-6-9-21(16-19)30-26-17-25(27-18-28-26)29-20-12-14-23(15-13-20)32-22-10-4-3-5-11-22/h2-18H,1H3,(H2,27,28,29,30). The Kier molecular flexibility index (Phi) is 6.53. The molecule has 0 spiro atoms. The molecular weight excluding hydrogens is 400 g/mol. The number of hydrogen-bond donors (Lipinski definition) is 2. The first-order chi connectivity index (χ1) is 15.7. The molecule has 6 nitrogen and oxygen atoms in total. The molecule has 0 amide bonds. The Hall–Kier alpha value is -4.45. The minimum atomic E-state index is -0.0408. The summed E-state index contributed by atoms with van der Waals surface area (Å²) in [6, 6.07) is 26.4. The van der Waals surface area contributed by atoms with E-state index >= 15 is 0 Å². The van der Waals surface area contributed by atoms with Crippen LogP contribution in [-0.2, 0) is 0 Å². The Labute approximate surface area is 186 Å². The van der Waals surface area contributed by atoms with Gasteiger partial charge in [0.1, 0.15) is 29.5 Å². The van der Waals surface area contributed by atoms with Gasteiger partial charge in [-0.15, -0.1) is 0 Å². The number of allylic oxidation sites excluding steroid dienone is 2. The highest BCUT2D eigenvalue weighted by Gasteiger charge is 2.05. The van der Waals surface area contributed by atoms with Crippen LogP contribution in [0.15, 0.2) is 103 Å². The zero-order chi connectivity index (χ0) is 22.2. The molecule has 4 rings (SSSR count). The Morgan fingerprint density at radius 1 is 0.781 bits per heavy atom. The zero-order valence-electron chi connectivity index (χ0n) is 17.5. The van der Waals surface area contributed by atoms with Crippen LogP contribution in [0.4, 0.5) is 23.0 Å². The van der Waals surface area contributed by atoms with Crippen molar-refractivity contribution < 1.29 is 9.53 Å². The summed E-state index contributed by atoms with van der Waals surface area (Å²) in [5.74, 6) is 2.75.